The number of urea groups is 1. The third-order valence-electron chi connectivity index (χ3n) is 5.12. The number of fused-ring (bicyclic) bond motifs is 1. The molecule has 0 saturated carbocycles. The van der Waals surface area contributed by atoms with Crippen LogP contribution < -0.4 is 10.1 Å². The lowest BCUT2D eigenvalue weighted by Gasteiger charge is -2.20. The van der Waals surface area contributed by atoms with Gasteiger partial charge in [-0.1, -0.05) is 29.8 Å². The number of nitrogens with one attached hydrogen (secondary N) is 1. The van der Waals surface area contributed by atoms with Crippen LogP contribution in [0.1, 0.15) is 26.4 Å². The number of nitrogens with zero attached hydrogens (tertiary/aromatic N) is 1. The van der Waals surface area contributed by atoms with Crippen LogP contribution in [0.5, 0.6) is 5.75 Å². The van der Waals surface area contributed by atoms with Gasteiger partial charge in [0.25, 0.3) is 0 Å². The van der Waals surface area contributed by atoms with Crippen molar-refractivity contribution in [1.29, 1.82) is 0 Å². The number of esters is 1. The number of halogens is 1. The fourth-order valence-corrected chi connectivity index (χ4v) is 4.32. The lowest BCUT2D eigenvalue weighted by atomic mass is 10.1. The quantitative estimate of drug-likeness (QED) is 0.476. The largest absolute Gasteiger partial charge is 0.491 e. The van der Waals surface area contributed by atoms with Crippen LogP contribution in [0.25, 0.3) is 0 Å². The van der Waals surface area contributed by atoms with Gasteiger partial charge in [-0.3, -0.25) is 0 Å². The number of amides is 2. The standard InChI is InChI=1S/C24H23ClN2O5S/c1-30-23(28)22-20(8-11-33-22)26-24(29)27-9-10-32-21-7-4-17(12-18(21)13-27)15-31-14-16-2-5-19(25)6-3-16/h2-8,11-12H,9-10,13-15H2,1H3,(H,26,29). The van der Waals surface area contributed by atoms with Crippen LogP contribution >= 0.6 is 22.9 Å². The molecule has 7 nitrogen and oxygen atoms in total. The third-order valence-corrected chi connectivity index (χ3v) is 6.27. The van der Waals surface area contributed by atoms with Crippen LogP contribution in [0.2, 0.25) is 5.02 Å². The molecule has 33 heavy (non-hydrogen) atoms. The molecule has 0 radical (unpaired) electrons. The molecule has 0 aliphatic carbocycles. The molecule has 1 N–H and O–H groups in total. The normalized spacial score (nSPS) is 13.0. The number of methoxy groups -OCH3 is 1. The number of thiophene rings is 1. The van der Waals surface area contributed by atoms with Crippen LogP contribution in [-0.2, 0) is 29.2 Å². The van der Waals surface area contributed by atoms with E-state index in [9.17, 15) is 9.59 Å². The molecule has 0 saturated heterocycles. The molecule has 172 valence electrons. The summed E-state index contributed by atoms with van der Waals surface area (Å²) in [6, 6.07) is 14.8. The van der Waals surface area contributed by atoms with Crippen molar-refractivity contribution in [2.24, 2.45) is 0 Å². The van der Waals surface area contributed by atoms with Crippen molar-refractivity contribution in [1.82, 2.24) is 4.90 Å². The Kier molecular flexibility index (Phi) is 7.49. The Labute approximate surface area is 200 Å². The van der Waals surface area contributed by atoms with Gasteiger partial charge < -0.3 is 24.4 Å². The second-order valence-electron chi connectivity index (χ2n) is 7.42. The zero-order valence-corrected chi connectivity index (χ0v) is 19.6. The highest BCUT2D eigenvalue weighted by Gasteiger charge is 2.22. The zero-order valence-electron chi connectivity index (χ0n) is 18.0. The molecule has 0 unspecified atom stereocenters. The fraction of sp³-hybridized carbons (Fsp3) is 0.250. The van der Waals surface area contributed by atoms with E-state index in [0.29, 0.717) is 48.5 Å². The van der Waals surface area contributed by atoms with Gasteiger partial charge in [0.15, 0.2) is 0 Å². The van der Waals surface area contributed by atoms with Gasteiger partial charge in [0.2, 0.25) is 0 Å². The first-order valence-electron chi connectivity index (χ1n) is 10.3. The first-order chi connectivity index (χ1) is 16.0. The van der Waals surface area contributed by atoms with Gasteiger partial charge in [-0.2, -0.15) is 0 Å². The minimum atomic E-state index is -0.479. The highest BCUT2D eigenvalue weighted by Crippen LogP contribution is 2.27. The highest BCUT2D eigenvalue weighted by molar-refractivity contribution is 7.12. The molecule has 1 aliphatic rings. The van der Waals surface area contributed by atoms with Crippen LogP contribution in [0.3, 0.4) is 0 Å². The Morgan fingerprint density at radius 1 is 1.12 bits per heavy atom. The molecule has 2 amide bonds. The Hall–Kier alpha value is -3.07. The van der Waals surface area contributed by atoms with E-state index in [-0.39, 0.29) is 6.03 Å². The van der Waals surface area contributed by atoms with Crippen molar-refractivity contribution in [3.8, 4) is 5.75 Å². The van der Waals surface area contributed by atoms with E-state index >= 15 is 0 Å². The second-order valence-corrected chi connectivity index (χ2v) is 8.77. The van der Waals surface area contributed by atoms with Gasteiger partial charge in [0, 0.05) is 10.6 Å². The van der Waals surface area contributed by atoms with E-state index in [4.69, 9.17) is 25.8 Å². The number of carbonyl (C=O) groups excluding carboxylic acids is 2. The smallest absolute Gasteiger partial charge is 0.350 e. The highest BCUT2D eigenvalue weighted by atomic mass is 35.5. The molecule has 3 aromatic rings. The maximum Gasteiger partial charge on any atom is 0.350 e. The van der Waals surface area contributed by atoms with Crippen LogP contribution in [-0.4, -0.2) is 37.2 Å². The molecule has 4 rings (SSSR count). The fourth-order valence-electron chi connectivity index (χ4n) is 3.43. The van der Waals surface area contributed by atoms with Crippen molar-refractivity contribution in [3.05, 3.63) is 80.5 Å². The van der Waals surface area contributed by atoms with Crippen LogP contribution in [0, 0.1) is 0 Å². The van der Waals surface area contributed by atoms with Crippen molar-refractivity contribution < 1.29 is 23.8 Å². The summed E-state index contributed by atoms with van der Waals surface area (Å²) >= 11 is 7.14. The number of ether oxygens (including phenoxy) is 3. The molecular weight excluding hydrogens is 464 g/mol. The monoisotopic (exact) mass is 486 g/mol. The Balaban J connectivity index is 1.39. The molecule has 0 spiro atoms. The van der Waals surface area contributed by atoms with Gasteiger partial charge in [0.1, 0.15) is 17.2 Å². The molecule has 1 aliphatic heterocycles. The van der Waals surface area contributed by atoms with Crippen LogP contribution in [0.15, 0.2) is 53.9 Å². The van der Waals surface area contributed by atoms with E-state index in [0.717, 1.165) is 22.4 Å². The van der Waals surface area contributed by atoms with Gasteiger partial charge in [-0.15, -0.1) is 11.3 Å². The third kappa shape index (κ3) is 5.84. The summed E-state index contributed by atoms with van der Waals surface area (Å²) in [6.45, 7) is 2.08. The number of carbonyl (C=O) groups is 2. The molecule has 2 aromatic carbocycles. The lowest BCUT2D eigenvalue weighted by Crippen LogP contribution is -2.36. The summed E-state index contributed by atoms with van der Waals surface area (Å²) in [5.74, 6) is 0.269. The zero-order chi connectivity index (χ0) is 23.2. The van der Waals surface area contributed by atoms with E-state index in [2.05, 4.69) is 5.32 Å². The lowest BCUT2D eigenvalue weighted by molar-refractivity contribution is 0.0607. The molecule has 9 heteroatoms. The van der Waals surface area contributed by atoms with E-state index in [1.54, 1.807) is 16.3 Å². The topological polar surface area (TPSA) is 77.1 Å². The average Bonchev–Trinajstić information content (AvgIpc) is 3.17. The second kappa shape index (κ2) is 10.7. The van der Waals surface area contributed by atoms with Gasteiger partial charge in [-0.25, -0.2) is 9.59 Å². The number of benzene rings is 2. The molecule has 1 aromatic heterocycles. The molecule has 0 atom stereocenters. The molecule has 2 heterocycles. The van der Waals surface area contributed by atoms with Crippen molar-refractivity contribution in [2.45, 2.75) is 19.8 Å². The predicted molar refractivity (Wildman–Crippen MR) is 127 cm³/mol. The van der Waals surface area contributed by atoms with E-state index in [1.807, 2.05) is 42.5 Å². The number of anilines is 1. The van der Waals surface area contributed by atoms with E-state index in [1.165, 1.54) is 18.4 Å². The predicted octanol–water partition coefficient (Wildman–Crippen LogP) is 5.33. The maximum atomic E-state index is 12.9. The summed E-state index contributed by atoms with van der Waals surface area (Å²) < 4.78 is 16.5. The Bertz CT molecular complexity index is 1130. The first-order valence-corrected chi connectivity index (χ1v) is 11.6. The maximum absolute atomic E-state index is 12.9. The van der Waals surface area contributed by atoms with Gasteiger partial charge in [0.05, 0.1) is 39.1 Å². The number of hydrogen-bond acceptors (Lipinski definition) is 6. The molecular formula is C24H23ClN2O5S. The van der Waals surface area contributed by atoms with Crippen molar-refractivity contribution >= 4 is 40.6 Å². The summed E-state index contributed by atoms with van der Waals surface area (Å²) in [6.07, 6.45) is 0. The summed E-state index contributed by atoms with van der Waals surface area (Å²) in [5.41, 5.74) is 3.36. The Morgan fingerprint density at radius 2 is 1.88 bits per heavy atom. The summed E-state index contributed by atoms with van der Waals surface area (Å²) in [4.78, 5) is 26.8. The van der Waals surface area contributed by atoms with E-state index < -0.39 is 5.97 Å². The van der Waals surface area contributed by atoms with Crippen molar-refractivity contribution in [3.63, 3.8) is 0 Å². The van der Waals surface area contributed by atoms with Crippen molar-refractivity contribution in [2.75, 3.05) is 25.6 Å². The van der Waals surface area contributed by atoms with Gasteiger partial charge in [-0.05, 0) is 46.8 Å². The summed E-state index contributed by atoms with van der Waals surface area (Å²) in [5, 5.41) is 5.24. The Morgan fingerprint density at radius 3 is 2.67 bits per heavy atom. The molecule has 0 fully saturated rings. The number of hydrogen-bond donors (Lipinski definition) is 1. The SMILES string of the molecule is COC(=O)c1sccc1NC(=O)N1CCOc2ccc(COCc3ccc(Cl)cc3)cc2C1. The molecule has 0 bridgehead atoms. The first kappa shape index (κ1) is 23.1. The number of rotatable bonds is 6. The summed E-state index contributed by atoms with van der Waals surface area (Å²) in [7, 11) is 1.31. The minimum absolute atomic E-state index is 0.306. The van der Waals surface area contributed by atoms with Gasteiger partial charge >= 0.3 is 12.0 Å². The minimum Gasteiger partial charge on any atom is -0.491 e. The van der Waals surface area contributed by atoms with Crippen LogP contribution in [0.4, 0.5) is 10.5 Å². The average molecular weight is 487 g/mol.